The molecule has 0 fully saturated rings. The molecule has 1 rings (SSSR count). The monoisotopic (exact) mass is 494 g/mol. The molecule has 0 aliphatic carbocycles. The molecule has 1 aromatic rings. The molecule has 5 nitrogen and oxygen atoms in total. The van der Waals surface area contributed by atoms with Gasteiger partial charge >= 0.3 is 0 Å². The van der Waals surface area contributed by atoms with Crippen LogP contribution in [0.2, 0.25) is 0 Å². The lowest BCUT2D eigenvalue weighted by Crippen LogP contribution is -2.37. The van der Waals surface area contributed by atoms with Crippen molar-refractivity contribution in [2.45, 2.75) is 52.7 Å². The van der Waals surface area contributed by atoms with Crippen molar-refractivity contribution in [3.8, 4) is 5.88 Å². The zero-order valence-corrected chi connectivity index (χ0v) is 19.9. The first kappa shape index (κ1) is 25.3. The molecule has 1 heterocycles. The quantitative estimate of drug-likeness (QED) is 0.208. The molecule has 0 aliphatic heterocycles. The maximum absolute atomic E-state index is 5.91. The number of nitrogens with one attached hydrogen (secondary N) is 2. The Morgan fingerprint density at radius 3 is 2.69 bits per heavy atom. The van der Waals surface area contributed by atoms with Crippen LogP contribution in [0.5, 0.6) is 5.88 Å². The minimum atomic E-state index is 0. The van der Waals surface area contributed by atoms with Gasteiger partial charge in [-0.25, -0.2) is 4.98 Å². The molecule has 1 aromatic heterocycles. The van der Waals surface area contributed by atoms with Gasteiger partial charge in [-0.05, 0) is 55.7 Å². The number of hydrogen-bond acceptors (Lipinski definition) is 4. The Labute approximate surface area is 180 Å². The molecule has 0 amide bonds. The first-order valence-electron chi connectivity index (χ1n) is 9.10. The minimum absolute atomic E-state index is 0. The van der Waals surface area contributed by atoms with Crippen molar-refractivity contribution in [1.82, 2.24) is 15.6 Å². The molecule has 1 atom stereocenters. The fraction of sp³-hybridized carbons (Fsp3) is 0.684. The van der Waals surface area contributed by atoms with E-state index in [4.69, 9.17) is 4.74 Å². The maximum Gasteiger partial charge on any atom is 0.213 e. The number of nitrogens with zero attached hydrogens (tertiary/aromatic N) is 2. The fourth-order valence-corrected chi connectivity index (χ4v) is 3.02. The van der Waals surface area contributed by atoms with Crippen molar-refractivity contribution in [3.63, 3.8) is 0 Å². The van der Waals surface area contributed by atoms with Gasteiger partial charge in [-0.3, -0.25) is 4.99 Å². The standard InChI is InChI=1S/C19H34N4OS.HI/c1-15(2)12-16(3)24-18-13-17(8-10-21-18)14-23-19(20-4)22-9-6-7-11-25-5;/h8,10,13,15-16H,6-7,9,11-12,14H2,1-5H3,(H2,20,22,23);1H. The molecule has 0 radical (unpaired) electrons. The number of hydrogen-bond donors (Lipinski definition) is 2. The second-order valence-corrected chi connectivity index (χ2v) is 7.60. The molecule has 0 spiro atoms. The van der Waals surface area contributed by atoms with Crippen LogP contribution in [0.3, 0.4) is 0 Å². The van der Waals surface area contributed by atoms with Crippen LogP contribution >= 0.6 is 35.7 Å². The summed E-state index contributed by atoms with van der Waals surface area (Å²) in [5, 5.41) is 6.69. The Kier molecular flexibility index (Phi) is 15.0. The van der Waals surface area contributed by atoms with Gasteiger partial charge in [0.05, 0.1) is 6.10 Å². The SMILES string of the molecule is CN=C(NCCCCSC)NCc1ccnc(OC(C)CC(C)C)c1.I. The molecule has 0 saturated carbocycles. The van der Waals surface area contributed by atoms with Gasteiger partial charge in [-0.2, -0.15) is 11.8 Å². The van der Waals surface area contributed by atoms with Gasteiger partial charge < -0.3 is 15.4 Å². The van der Waals surface area contributed by atoms with Crippen LogP contribution in [0.25, 0.3) is 0 Å². The molecule has 7 heteroatoms. The van der Waals surface area contributed by atoms with Crippen molar-refractivity contribution in [3.05, 3.63) is 23.9 Å². The second-order valence-electron chi connectivity index (χ2n) is 6.61. The number of halogens is 1. The third kappa shape index (κ3) is 11.8. The predicted molar refractivity (Wildman–Crippen MR) is 125 cm³/mol. The molecule has 2 N–H and O–H groups in total. The Morgan fingerprint density at radius 1 is 1.27 bits per heavy atom. The number of thioether (sulfide) groups is 1. The molecular formula is C19H35IN4OS. The van der Waals surface area contributed by atoms with Crippen LogP contribution in [0.15, 0.2) is 23.3 Å². The summed E-state index contributed by atoms with van der Waals surface area (Å²) < 4.78 is 5.91. The summed E-state index contributed by atoms with van der Waals surface area (Å²) in [7, 11) is 1.80. The summed E-state index contributed by atoms with van der Waals surface area (Å²) in [6.07, 6.45) is 7.52. The van der Waals surface area contributed by atoms with Crippen LogP contribution in [0.1, 0.15) is 45.6 Å². The highest BCUT2D eigenvalue weighted by atomic mass is 127. The summed E-state index contributed by atoms with van der Waals surface area (Å²) in [6.45, 7) is 8.13. The predicted octanol–water partition coefficient (Wildman–Crippen LogP) is 4.32. The molecule has 0 bridgehead atoms. The minimum Gasteiger partial charge on any atom is -0.475 e. The molecule has 1 unspecified atom stereocenters. The topological polar surface area (TPSA) is 58.5 Å². The van der Waals surface area contributed by atoms with E-state index in [1.165, 1.54) is 12.2 Å². The zero-order valence-electron chi connectivity index (χ0n) is 16.7. The number of aromatic nitrogens is 1. The van der Waals surface area contributed by atoms with E-state index < -0.39 is 0 Å². The van der Waals surface area contributed by atoms with Gasteiger partial charge in [0, 0.05) is 32.4 Å². The van der Waals surface area contributed by atoms with Gasteiger partial charge in [-0.1, -0.05) is 13.8 Å². The lowest BCUT2D eigenvalue weighted by atomic mass is 10.1. The van der Waals surface area contributed by atoms with E-state index in [0.717, 1.165) is 30.9 Å². The Morgan fingerprint density at radius 2 is 2.04 bits per heavy atom. The van der Waals surface area contributed by atoms with E-state index >= 15 is 0 Å². The molecule has 0 aromatic carbocycles. The van der Waals surface area contributed by atoms with Crippen LogP contribution in [0, 0.1) is 5.92 Å². The number of rotatable bonds is 11. The third-order valence-electron chi connectivity index (χ3n) is 3.68. The highest BCUT2D eigenvalue weighted by Gasteiger charge is 2.08. The average Bonchev–Trinajstić information content (AvgIpc) is 2.57. The first-order valence-corrected chi connectivity index (χ1v) is 10.5. The Balaban J connectivity index is 0.00000625. The van der Waals surface area contributed by atoms with E-state index in [2.05, 4.69) is 47.6 Å². The van der Waals surface area contributed by atoms with Gasteiger partial charge in [-0.15, -0.1) is 24.0 Å². The summed E-state index contributed by atoms with van der Waals surface area (Å²) in [6, 6.07) is 3.99. The summed E-state index contributed by atoms with van der Waals surface area (Å²) in [5.41, 5.74) is 1.13. The van der Waals surface area contributed by atoms with Crippen LogP contribution in [0.4, 0.5) is 0 Å². The smallest absolute Gasteiger partial charge is 0.213 e. The molecule has 0 aliphatic rings. The highest BCUT2D eigenvalue weighted by molar-refractivity contribution is 14.0. The van der Waals surface area contributed by atoms with E-state index in [1.54, 1.807) is 13.2 Å². The lowest BCUT2D eigenvalue weighted by Gasteiger charge is -2.16. The Hall–Kier alpha value is -0.700. The van der Waals surface area contributed by atoms with Crippen molar-refractivity contribution in [1.29, 1.82) is 0 Å². The van der Waals surface area contributed by atoms with Crippen LogP contribution < -0.4 is 15.4 Å². The van der Waals surface area contributed by atoms with Crippen molar-refractivity contribution in [2.24, 2.45) is 10.9 Å². The largest absolute Gasteiger partial charge is 0.475 e. The summed E-state index contributed by atoms with van der Waals surface area (Å²) in [5.74, 6) is 3.34. The number of aliphatic imine (C=N–C) groups is 1. The first-order chi connectivity index (χ1) is 12.0. The number of guanidine groups is 1. The van der Waals surface area contributed by atoms with Crippen molar-refractivity contribution < 1.29 is 4.74 Å². The normalized spacial score (nSPS) is 12.5. The van der Waals surface area contributed by atoms with Gasteiger partial charge in [0.25, 0.3) is 0 Å². The van der Waals surface area contributed by atoms with E-state index in [0.29, 0.717) is 18.3 Å². The van der Waals surface area contributed by atoms with Crippen LogP contribution in [-0.2, 0) is 6.54 Å². The number of ether oxygens (including phenoxy) is 1. The lowest BCUT2D eigenvalue weighted by molar-refractivity contribution is 0.185. The molecule has 26 heavy (non-hydrogen) atoms. The van der Waals surface area contributed by atoms with Gasteiger partial charge in [0.2, 0.25) is 5.88 Å². The number of pyridine rings is 1. The molecule has 0 saturated heterocycles. The van der Waals surface area contributed by atoms with Crippen molar-refractivity contribution in [2.75, 3.05) is 25.6 Å². The average molecular weight is 494 g/mol. The highest BCUT2D eigenvalue weighted by Crippen LogP contribution is 2.14. The fourth-order valence-electron chi connectivity index (χ4n) is 2.53. The van der Waals surface area contributed by atoms with Crippen LogP contribution in [-0.4, -0.2) is 42.6 Å². The number of unbranched alkanes of at least 4 members (excludes halogenated alkanes) is 1. The van der Waals surface area contributed by atoms with Gasteiger partial charge in [0.1, 0.15) is 0 Å². The molecule has 150 valence electrons. The van der Waals surface area contributed by atoms with E-state index in [-0.39, 0.29) is 30.1 Å². The van der Waals surface area contributed by atoms with E-state index in [1.807, 2.05) is 23.9 Å². The van der Waals surface area contributed by atoms with E-state index in [9.17, 15) is 0 Å². The van der Waals surface area contributed by atoms with Crippen molar-refractivity contribution >= 4 is 41.7 Å². The van der Waals surface area contributed by atoms with Gasteiger partial charge in [0.15, 0.2) is 5.96 Å². The molecular weight excluding hydrogens is 459 g/mol. The Bertz CT molecular complexity index is 514. The summed E-state index contributed by atoms with van der Waals surface area (Å²) >= 11 is 1.89. The second kappa shape index (κ2) is 15.4. The summed E-state index contributed by atoms with van der Waals surface area (Å²) in [4.78, 5) is 8.58. The third-order valence-corrected chi connectivity index (χ3v) is 4.37. The zero-order chi connectivity index (χ0) is 18.5. The maximum atomic E-state index is 5.91.